The number of aromatic nitrogens is 3. The minimum atomic E-state index is 0.210. The molecule has 1 aliphatic heterocycles. The summed E-state index contributed by atoms with van der Waals surface area (Å²) in [6, 6.07) is 8.08. The third-order valence-corrected chi connectivity index (χ3v) is 4.72. The number of oxazole rings is 1. The van der Waals surface area contributed by atoms with E-state index >= 15 is 0 Å². The highest BCUT2D eigenvalue weighted by molar-refractivity contribution is 5.72. The van der Waals surface area contributed by atoms with E-state index in [1.807, 2.05) is 24.3 Å². The van der Waals surface area contributed by atoms with E-state index in [0.717, 1.165) is 48.1 Å². The molecule has 6 nitrogen and oxygen atoms in total. The summed E-state index contributed by atoms with van der Waals surface area (Å²) in [4.78, 5) is 11.5. The first kappa shape index (κ1) is 13.2. The molecule has 1 aliphatic carbocycles. The van der Waals surface area contributed by atoms with Gasteiger partial charge in [0.25, 0.3) is 0 Å². The molecular weight excluding hydrogens is 292 g/mol. The van der Waals surface area contributed by atoms with Crippen LogP contribution in [0.4, 0.5) is 0 Å². The number of para-hydroxylation sites is 2. The maximum Gasteiger partial charge on any atom is 0.229 e. The maximum absolute atomic E-state index is 5.85. The van der Waals surface area contributed by atoms with E-state index in [2.05, 4.69) is 20.0 Å². The van der Waals surface area contributed by atoms with E-state index in [4.69, 9.17) is 8.94 Å². The van der Waals surface area contributed by atoms with Gasteiger partial charge in [0, 0.05) is 5.92 Å². The van der Waals surface area contributed by atoms with Crippen LogP contribution in [0.2, 0.25) is 0 Å². The van der Waals surface area contributed by atoms with Crippen LogP contribution in [0, 0.1) is 0 Å². The zero-order chi connectivity index (χ0) is 15.2. The van der Waals surface area contributed by atoms with Gasteiger partial charge < -0.3 is 8.94 Å². The summed E-state index contributed by atoms with van der Waals surface area (Å²) in [5.41, 5.74) is 1.75. The smallest absolute Gasteiger partial charge is 0.229 e. The summed E-state index contributed by atoms with van der Waals surface area (Å²) < 4.78 is 11.3. The van der Waals surface area contributed by atoms with E-state index in [1.165, 1.54) is 12.8 Å². The van der Waals surface area contributed by atoms with Crippen LogP contribution >= 0.6 is 0 Å². The zero-order valence-corrected chi connectivity index (χ0v) is 12.8. The summed E-state index contributed by atoms with van der Waals surface area (Å²) in [6.45, 7) is 1.70. The van der Waals surface area contributed by atoms with Gasteiger partial charge in [-0.15, -0.1) is 0 Å². The van der Waals surface area contributed by atoms with Gasteiger partial charge in [0.15, 0.2) is 11.4 Å². The van der Waals surface area contributed by atoms with Gasteiger partial charge in [-0.1, -0.05) is 17.3 Å². The normalized spacial score (nSPS) is 22.2. The molecule has 1 atom stereocenters. The molecule has 1 saturated carbocycles. The van der Waals surface area contributed by atoms with Gasteiger partial charge in [0.05, 0.1) is 12.6 Å². The van der Waals surface area contributed by atoms with Gasteiger partial charge in [-0.3, -0.25) is 4.90 Å². The highest BCUT2D eigenvalue weighted by atomic mass is 16.5. The molecule has 2 aliphatic rings. The Morgan fingerprint density at radius 2 is 2.04 bits per heavy atom. The van der Waals surface area contributed by atoms with Gasteiger partial charge in [-0.25, -0.2) is 4.98 Å². The van der Waals surface area contributed by atoms with Crippen LogP contribution in [0.1, 0.15) is 55.2 Å². The van der Waals surface area contributed by atoms with E-state index < -0.39 is 0 Å². The second kappa shape index (κ2) is 5.16. The molecule has 0 radical (unpaired) electrons. The van der Waals surface area contributed by atoms with E-state index in [0.29, 0.717) is 12.5 Å². The molecule has 1 aromatic carbocycles. The molecular formula is C17H18N4O2. The summed E-state index contributed by atoms with van der Waals surface area (Å²) in [5.74, 6) is 2.89. The van der Waals surface area contributed by atoms with Gasteiger partial charge in [-0.05, 0) is 44.4 Å². The van der Waals surface area contributed by atoms with Crippen LogP contribution in [-0.4, -0.2) is 26.6 Å². The van der Waals surface area contributed by atoms with Crippen LogP contribution in [0.3, 0.4) is 0 Å². The quantitative estimate of drug-likeness (QED) is 0.735. The number of hydrogen-bond acceptors (Lipinski definition) is 6. The Balaban J connectivity index is 1.37. The van der Waals surface area contributed by atoms with Crippen LogP contribution in [-0.2, 0) is 6.54 Å². The van der Waals surface area contributed by atoms with Crippen molar-refractivity contribution in [2.45, 2.75) is 44.2 Å². The lowest BCUT2D eigenvalue weighted by Gasteiger charge is -2.19. The molecule has 0 N–H and O–H groups in total. The summed E-state index contributed by atoms with van der Waals surface area (Å²) >= 11 is 0. The van der Waals surface area contributed by atoms with E-state index in [-0.39, 0.29) is 6.04 Å². The standard InChI is InChI=1S/C17H18N4O2/c1-2-6-14-12(4-1)18-15(22-14)10-21-9-3-5-13(21)16-19-17(23-20-16)11-7-8-11/h1-2,4,6,11,13H,3,5,7-10H2/t13-/m0/s1. The van der Waals surface area contributed by atoms with Crippen LogP contribution < -0.4 is 0 Å². The first-order chi connectivity index (χ1) is 11.4. The molecule has 118 valence electrons. The fraction of sp³-hybridized carbons (Fsp3) is 0.471. The second-order valence-electron chi connectivity index (χ2n) is 6.47. The Bertz CT molecular complexity index is 803. The Labute approximate surface area is 133 Å². The molecule has 0 unspecified atom stereocenters. The Hall–Kier alpha value is -2.21. The van der Waals surface area contributed by atoms with Crippen molar-refractivity contribution in [3.63, 3.8) is 0 Å². The van der Waals surface area contributed by atoms with Crippen LogP contribution in [0.5, 0.6) is 0 Å². The largest absolute Gasteiger partial charge is 0.439 e. The monoisotopic (exact) mass is 310 g/mol. The summed E-state index contributed by atoms with van der Waals surface area (Å²) in [7, 11) is 0. The average molecular weight is 310 g/mol. The van der Waals surface area contributed by atoms with Crippen molar-refractivity contribution in [3.05, 3.63) is 41.9 Å². The van der Waals surface area contributed by atoms with Crippen molar-refractivity contribution in [1.82, 2.24) is 20.0 Å². The first-order valence-electron chi connectivity index (χ1n) is 8.29. The lowest BCUT2D eigenvalue weighted by atomic mass is 10.2. The van der Waals surface area contributed by atoms with Crippen molar-refractivity contribution in [2.24, 2.45) is 0 Å². The highest BCUT2D eigenvalue weighted by Gasteiger charge is 2.34. The lowest BCUT2D eigenvalue weighted by molar-refractivity contribution is 0.214. The number of rotatable bonds is 4. The molecule has 23 heavy (non-hydrogen) atoms. The second-order valence-corrected chi connectivity index (χ2v) is 6.47. The van der Waals surface area contributed by atoms with Crippen molar-refractivity contribution in [1.29, 1.82) is 0 Å². The van der Waals surface area contributed by atoms with Crippen molar-refractivity contribution < 1.29 is 8.94 Å². The SMILES string of the molecule is c1ccc2oc(CN3CCC[C@H]3c3noc(C4CC4)n3)nc2c1. The van der Waals surface area contributed by atoms with Gasteiger partial charge >= 0.3 is 0 Å². The van der Waals surface area contributed by atoms with Crippen LogP contribution in [0.25, 0.3) is 11.1 Å². The molecule has 3 aromatic rings. The minimum absolute atomic E-state index is 0.210. The molecule has 2 aromatic heterocycles. The molecule has 1 saturated heterocycles. The van der Waals surface area contributed by atoms with Crippen molar-refractivity contribution >= 4 is 11.1 Å². The summed E-state index contributed by atoms with van der Waals surface area (Å²) in [5, 5.41) is 4.22. The van der Waals surface area contributed by atoms with Gasteiger partial charge in [0.2, 0.25) is 11.8 Å². The first-order valence-corrected chi connectivity index (χ1v) is 8.29. The molecule has 0 bridgehead atoms. The molecule has 0 amide bonds. The zero-order valence-electron chi connectivity index (χ0n) is 12.8. The Morgan fingerprint density at radius 3 is 2.91 bits per heavy atom. The predicted octanol–water partition coefficient (Wildman–Crippen LogP) is 3.43. The number of nitrogens with zero attached hydrogens (tertiary/aromatic N) is 4. The van der Waals surface area contributed by atoms with Crippen molar-refractivity contribution in [2.75, 3.05) is 6.54 Å². The Morgan fingerprint density at radius 1 is 1.13 bits per heavy atom. The number of likely N-dealkylation sites (tertiary alicyclic amines) is 1. The van der Waals surface area contributed by atoms with Gasteiger partial charge in [0.1, 0.15) is 5.52 Å². The molecule has 2 fully saturated rings. The average Bonchev–Trinajstić information content (AvgIpc) is 3.00. The van der Waals surface area contributed by atoms with Crippen LogP contribution in [0.15, 0.2) is 33.2 Å². The third-order valence-electron chi connectivity index (χ3n) is 4.72. The highest BCUT2D eigenvalue weighted by Crippen LogP contribution is 2.40. The Kier molecular flexibility index (Phi) is 2.97. The molecule has 6 heteroatoms. The fourth-order valence-corrected chi connectivity index (χ4v) is 3.35. The summed E-state index contributed by atoms with van der Waals surface area (Å²) in [6.07, 6.45) is 4.56. The number of benzene rings is 1. The topological polar surface area (TPSA) is 68.2 Å². The molecule has 5 rings (SSSR count). The van der Waals surface area contributed by atoms with Gasteiger partial charge in [-0.2, -0.15) is 4.98 Å². The predicted molar refractivity (Wildman–Crippen MR) is 82.7 cm³/mol. The number of fused-ring (bicyclic) bond motifs is 1. The number of hydrogen-bond donors (Lipinski definition) is 0. The van der Waals surface area contributed by atoms with E-state index in [1.54, 1.807) is 0 Å². The third kappa shape index (κ3) is 2.43. The molecule has 3 heterocycles. The van der Waals surface area contributed by atoms with E-state index in [9.17, 15) is 0 Å². The molecule has 0 spiro atoms. The minimum Gasteiger partial charge on any atom is -0.439 e. The fourth-order valence-electron chi connectivity index (χ4n) is 3.35. The van der Waals surface area contributed by atoms with Crippen molar-refractivity contribution in [3.8, 4) is 0 Å². The maximum atomic E-state index is 5.85. The lowest BCUT2D eigenvalue weighted by Crippen LogP contribution is -2.23.